The van der Waals surface area contributed by atoms with Crippen molar-refractivity contribution in [1.29, 1.82) is 0 Å². The molecule has 1 N–H and O–H groups in total. The molecule has 1 rings (SSSR count). The summed E-state index contributed by atoms with van der Waals surface area (Å²) in [5.74, 6) is -0.933. The molecule has 0 radical (unpaired) electrons. The van der Waals surface area contributed by atoms with Crippen LogP contribution in [0.15, 0.2) is 6.08 Å². The van der Waals surface area contributed by atoms with E-state index >= 15 is 0 Å². The molecule has 1 heterocycles. The van der Waals surface area contributed by atoms with Gasteiger partial charge in [0.05, 0.1) is 10.6 Å². The number of nitrogens with zero attached hydrogens (tertiary/aromatic N) is 2. The van der Waals surface area contributed by atoms with Gasteiger partial charge in [0.15, 0.2) is 5.13 Å². The lowest BCUT2D eigenvalue weighted by atomic mass is 10.3. The van der Waals surface area contributed by atoms with Crippen LogP contribution in [0.4, 0.5) is 5.13 Å². The molecule has 16 heavy (non-hydrogen) atoms. The van der Waals surface area contributed by atoms with Crippen molar-refractivity contribution in [3.05, 3.63) is 16.6 Å². The molecule has 0 spiro atoms. The topological polar surface area (TPSA) is 53.4 Å². The predicted octanol–water partition coefficient (Wildman–Crippen LogP) is 2.40. The maximum absolute atomic E-state index is 10.4. The molecule has 0 aromatic carbocycles. The summed E-state index contributed by atoms with van der Waals surface area (Å²) in [4.78, 5) is 17.9. The molecule has 0 bridgehead atoms. The molecule has 0 aliphatic heterocycles. The van der Waals surface area contributed by atoms with E-state index in [1.807, 2.05) is 6.92 Å². The first-order valence-electron chi connectivity index (χ1n) is 5.21. The van der Waals surface area contributed by atoms with Crippen molar-refractivity contribution in [3.63, 3.8) is 0 Å². The second kappa shape index (κ2) is 5.65. The lowest BCUT2D eigenvalue weighted by Gasteiger charge is -2.16. The first-order chi connectivity index (χ1) is 7.58. The number of aromatic nitrogens is 1. The Kier molecular flexibility index (Phi) is 4.49. The molecular weight excluding hydrogens is 224 g/mol. The molecule has 88 valence electrons. The normalized spacial score (nSPS) is 10.9. The molecule has 1 aromatic rings. The Bertz CT molecular complexity index is 395. The average Bonchev–Trinajstić information content (AvgIpc) is 2.59. The summed E-state index contributed by atoms with van der Waals surface area (Å²) in [6.07, 6.45) is 2.74. The Morgan fingerprint density at radius 3 is 2.62 bits per heavy atom. The van der Waals surface area contributed by atoms with Gasteiger partial charge in [-0.05, 0) is 26.8 Å². The van der Waals surface area contributed by atoms with Gasteiger partial charge in [-0.25, -0.2) is 9.78 Å². The molecule has 1 aromatic heterocycles. The Hall–Kier alpha value is -1.36. The van der Waals surface area contributed by atoms with E-state index in [1.54, 1.807) is 6.08 Å². The van der Waals surface area contributed by atoms with Gasteiger partial charge in [0, 0.05) is 19.2 Å². The van der Waals surface area contributed by atoms with Crippen molar-refractivity contribution < 1.29 is 9.90 Å². The minimum atomic E-state index is -0.933. The van der Waals surface area contributed by atoms with Gasteiger partial charge in [0.1, 0.15) is 0 Å². The molecule has 0 aliphatic rings. The zero-order valence-corrected chi connectivity index (χ0v) is 10.5. The molecule has 0 saturated heterocycles. The number of hydrogen-bond acceptors (Lipinski definition) is 4. The van der Waals surface area contributed by atoms with Crippen molar-refractivity contribution in [1.82, 2.24) is 4.98 Å². The maximum Gasteiger partial charge on any atom is 0.328 e. The zero-order valence-electron chi connectivity index (χ0n) is 9.73. The van der Waals surface area contributed by atoms with Gasteiger partial charge >= 0.3 is 5.97 Å². The Balaban J connectivity index is 2.93. The highest BCUT2D eigenvalue weighted by atomic mass is 32.1. The number of aliphatic carboxylic acids is 1. The SMILES string of the molecule is CCN(CC)c1nc(C)c(/C=C/C(=O)O)s1. The zero-order chi connectivity index (χ0) is 12.1. The molecule has 0 fully saturated rings. The second-order valence-electron chi connectivity index (χ2n) is 3.29. The minimum Gasteiger partial charge on any atom is -0.478 e. The lowest BCUT2D eigenvalue weighted by Crippen LogP contribution is -2.21. The molecule has 4 nitrogen and oxygen atoms in total. The number of hydrogen-bond donors (Lipinski definition) is 1. The lowest BCUT2D eigenvalue weighted by molar-refractivity contribution is -0.131. The molecule has 0 atom stereocenters. The number of anilines is 1. The first kappa shape index (κ1) is 12.7. The number of thiazole rings is 1. The van der Waals surface area contributed by atoms with Crippen LogP contribution in [-0.4, -0.2) is 29.1 Å². The molecule has 0 saturated carbocycles. The number of rotatable bonds is 5. The summed E-state index contributed by atoms with van der Waals surface area (Å²) in [5, 5.41) is 9.51. The predicted molar refractivity (Wildman–Crippen MR) is 67.1 cm³/mol. The monoisotopic (exact) mass is 240 g/mol. The third-order valence-corrected chi connectivity index (χ3v) is 3.42. The van der Waals surface area contributed by atoms with E-state index in [2.05, 4.69) is 23.7 Å². The van der Waals surface area contributed by atoms with E-state index < -0.39 is 5.97 Å². The van der Waals surface area contributed by atoms with E-state index in [-0.39, 0.29) is 0 Å². The molecule has 0 aliphatic carbocycles. The average molecular weight is 240 g/mol. The molecule has 0 amide bonds. The fourth-order valence-electron chi connectivity index (χ4n) is 1.32. The number of carbonyl (C=O) groups is 1. The Labute approximate surface area is 99.2 Å². The van der Waals surface area contributed by atoms with Crippen LogP contribution in [0, 0.1) is 6.92 Å². The first-order valence-corrected chi connectivity index (χ1v) is 6.03. The fraction of sp³-hybridized carbons (Fsp3) is 0.455. The van der Waals surface area contributed by atoms with E-state index in [9.17, 15) is 4.79 Å². The Morgan fingerprint density at radius 2 is 2.12 bits per heavy atom. The summed E-state index contributed by atoms with van der Waals surface area (Å²) in [6, 6.07) is 0. The van der Waals surface area contributed by atoms with Crippen LogP contribution in [0.3, 0.4) is 0 Å². The fourth-order valence-corrected chi connectivity index (χ4v) is 2.42. The maximum atomic E-state index is 10.4. The Morgan fingerprint density at radius 1 is 1.50 bits per heavy atom. The number of aryl methyl sites for hydroxylation is 1. The van der Waals surface area contributed by atoms with Gasteiger partial charge in [-0.3, -0.25) is 0 Å². The molecular formula is C11H16N2O2S. The van der Waals surface area contributed by atoms with Crippen LogP contribution in [0.1, 0.15) is 24.4 Å². The highest BCUT2D eigenvalue weighted by molar-refractivity contribution is 7.16. The van der Waals surface area contributed by atoms with Gasteiger partial charge in [0.2, 0.25) is 0 Å². The van der Waals surface area contributed by atoms with Crippen molar-refractivity contribution >= 4 is 28.5 Å². The highest BCUT2D eigenvalue weighted by Crippen LogP contribution is 2.26. The van der Waals surface area contributed by atoms with Gasteiger partial charge in [-0.15, -0.1) is 0 Å². The van der Waals surface area contributed by atoms with Gasteiger partial charge in [0.25, 0.3) is 0 Å². The minimum absolute atomic E-state index is 0.879. The van der Waals surface area contributed by atoms with Crippen molar-refractivity contribution in [2.45, 2.75) is 20.8 Å². The third-order valence-electron chi connectivity index (χ3n) is 2.23. The third kappa shape index (κ3) is 3.06. The van der Waals surface area contributed by atoms with Gasteiger partial charge in [-0.2, -0.15) is 0 Å². The summed E-state index contributed by atoms with van der Waals surface area (Å²) in [5.41, 5.74) is 0.879. The summed E-state index contributed by atoms with van der Waals surface area (Å²) in [6.45, 7) is 7.86. The highest BCUT2D eigenvalue weighted by Gasteiger charge is 2.09. The van der Waals surface area contributed by atoms with Crippen LogP contribution in [0.5, 0.6) is 0 Å². The summed E-state index contributed by atoms with van der Waals surface area (Å²) >= 11 is 1.52. The smallest absolute Gasteiger partial charge is 0.328 e. The van der Waals surface area contributed by atoms with Crippen LogP contribution >= 0.6 is 11.3 Å². The molecule has 5 heteroatoms. The van der Waals surface area contributed by atoms with E-state index in [0.29, 0.717) is 0 Å². The van der Waals surface area contributed by atoms with Gasteiger partial charge < -0.3 is 10.0 Å². The van der Waals surface area contributed by atoms with Crippen LogP contribution in [0.2, 0.25) is 0 Å². The summed E-state index contributed by atoms with van der Waals surface area (Å²) in [7, 11) is 0. The van der Waals surface area contributed by atoms with Crippen LogP contribution in [0.25, 0.3) is 6.08 Å². The van der Waals surface area contributed by atoms with Crippen molar-refractivity contribution in [2.75, 3.05) is 18.0 Å². The van der Waals surface area contributed by atoms with E-state index in [0.717, 1.165) is 34.9 Å². The van der Waals surface area contributed by atoms with E-state index in [4.69, 9.17) is 5.11 Å². The number of carboxylic acids is 1. The molecule has 0 unspecified atom stereocenters. The largest absolute Gasteiger partial charge is 0.478 e. The van der Waals surface area contributed by atoms with Crippen LogP contribution in [-0.2, 0) is 4.79 Å². The van der Waals surface area contributed by atoms with Crippen molar-refractivity contribution in [3.8, 4) is 0 Å². The van der Waals surface area contributed by atoms with Crippen molar-refractivity contribution in [2.24, 2.45) is 0 Å². The number of carboxylic acid groups (broad SMARTS) is 1. The standard InChI is InChI=1S/C11H16N2O2S/c1-4-13(5-2)11-12-8(3)9(16-11)6-7-10(14)15/h6-7H,4-5H2,1-3H3,(H,14,15)/b7-6+. The van der Waals surface area contributed by atoms with Crippen LogP contribution < -0.4 is 4.90 Å². The second-order valence-corrected chi connectivity index (χ2v) is 4.30. The van der Waals surface area contributed by atoms with Gasteiger partial charge in [-0.1, -0.05) is 11.3 Å². The quantitative estimate of drug-likeness (QED) is 0.803. The van der Waals surface area contributed by atoms with E-state index in [1.165, 1.54) is 11.3 Å². The summed E-state index contributed by atoms with van der Waals surface area (Å²) < 4.78 is 0.